The van der Waals surface area contributed by atoms with Gasteiger partial charge in [-0.15, -0.1) is 0 Å². The monoisotopic (exact) mass is 214 g/mol. The molecule has 0 aliphatic carbocycles. The van der Waals surface area contributed by atoms with Crippen molar-refractivity contribution in [1.29, 1.82) is 0 Å². The van der Waals surface area contributed by atoms with Crippen LogP contribution in [0.25, 0.3) is 0 Å². The number of halogens is 1. The lowest BCUT2D eigenvalue weighted by molar-refractivity contribution is 0.545. The summed E-state index contributed by atoms with van der Waals surface area (Å²) in [6.45, 7) is 6.23. The molecule has 0 bridgehead atoms. The number of nitrogens with two attached hydrogens (primary N) is 1. The minimum absolute atomic E-state index is 0.0512. The van der Waals surface area contributed by atoms with Crippen LogP contribution in [-0.4, -0.2) is 15.5 Å². The van der Waals surface area contributed by atoms with Gasteiger partial charge >= 0.3 is 0 Å². The summed E-state index contributed by atoms with van der Waals surface area (Å²) in [5.74, 6) is 0.891. The predicted octanol–water partition coefficient (Wildman–Crippen LogP) is 2.31. The predicted molar refractivity (Wildman–Crippen MR) is 59.4 cm³/mol. The fourth-order valence-electron chi connectivity index (χ4n) is 0.880. The highest BCUT2D eigenvalue weighted by atomic mass is 35.5. The van der Waals surface area contributed by atoms with Crippen molar-refractivity contribution in [2.75, 3.05) is 11.1 Å². The molecule has 0 radical (unpaired) electrons. The summed E-state index contributed by atoms with van der Waals surface area (Å²) >= 11 is 5.94. The van der Waals surface area contributed by atoms with Crippen molar-refractivity contribution in [2.45, 2.75) is 32.7 Å². The van der Waals surface area contributed by atoms with Crippen LogP contribution in [0.15, 0.2) is 6.33 Å². The first-order chi connectivity index (χ1) is 6.46. The second kappa shape index (κ2) is 4.00. The Balaban J connectivity index is 2.92. The van der Waals surface area contributed by atoms with Crippen molar-refractivity contribution in [3.8, 4) is 0 Å². The van der Waals surface area contributed by atoms with Gasteiger partial charge in [0.05, 0.1) is 0 Å². The molecule has 78 valence electrons. The third-order valence-electron chi connectivity index (χ3n) is 2.16. The number of aromatic nitrogens is 2. The smallest absolute Gasteiger partial charge is 0.150 e. The van der Waals surface area contributed by atoms with Crippen LogP contribution in [-0.2, 0) is 0 Å². The largest absolute Gasteiger partial charge is 0.382 e. The van der Waals surface area contributed by atoms with E-state index in [-0.39, 0.29) is 5.54 Å². The van der Waals surface area contributed by atoms with E-state index in [4.69, 9.17) is 17.3 Å². The molecule has 1 aromatic heterocycles. The van der Waals surface area contributed by atoms with Crippen LogP contribution in [0.3, 0.4) is 0 Å². The molecule has 0 saturated heterocycles. The van der Waals surface area contributed by atoms with E-state index >= 15 is 0 Å². The molecule has 0 fully saturated rings. The van der Waals surface area contributed by atoms with Crippen LogP contribution in [0, 0.1) is 0 Å². The van der Waals surface area contributed by atoms with Crippen molar-refractivity contribution < 1.29 is 0 Å². The molecule has 1 heterocycles. The summed E-state index contributed by atoms with van der Waals surface area (Å²) in [5.41, 5.74) is 5.51. The Morgan fingerprint density at radius 2 is 2.14 bits per heavy atom. The van der Waals surface area contributed by atoms with E-state index in [0.29, 0.717) is 16.7 Å². The van der Waals surface area contributed by atoms with Gasteiger partial charge in [-0.05, 0) is 20.3 Å². The zero-order valence-corrected chi connectivity index (χ0v) is 9.39. The van der Waals surface area contributed by atoms with Crippen molar-refractivity contribution >= 4 is 23.2 Å². The summed E-state index contributed by atoms with van der Waals surface area (Å²) in [4.78, 5) is 7.83. The van der Waals surface area contributed by atoms with E-state index < -0.39 is 0 Å². The molecule has 0 aromatic carbocycles. The minimum Gasteiger partial charge on any atom is -0.382 e. The van der Waals surface area contributed by atoms with Crippen molar-refractivity contribution in [3.63, 3.8) is 0 Å². The molecule has 14 heavy (non-hydrogen) atoms. The van der Waals surface area contributed by atoms with Crippen molar-refractivity contribution in [2.24, 2.45) is 0 Å². The lowest BCUT2D eigenvalue weighted by Crippen LogP contribution is -2.30. The van der Waals surface area contributed by atoms with Crippen LogP contribution < -0.4 is 11.1 Å². The van der Waals surface area contributed by atoms with E-state index in [9.17, 15) is 0 Å². The Hall–Kier alpha value is -1.03. The van der Waals surface area contributed by atoms with Crippen LogP contribution in [0.2, 0.25) is 5.02 Å². The molecule has 0 saturated carbocycles. The van der Waals surface area contributed by atoms with E-state index in [1.165, 1.54) is 6.33 Å². The lowest BCUT2D eigenvalue weighted by atomic mass is 10.0. The fourth-order valence-corrected chi connectivity index (χ4v) is 1.02. The fraction of sp³-hybridized carbons (Fsp3) is 0.556. The van der Waals surface area contributed by atoms with Gasteiger partial charge in [-0.3, -0.25) is 0 Å². The minimum atomic E-state index is -0.0512. The molecule has 0 aliphatic rings. The van der Waals surface area contributed by atoms with Crippen molar-refractivity contribution in [1.82, 2.24) is 9.97 Å². The number of hydrogen-bond donors (Lipinski definition) is 2. The summed E-state index contributed by atoms with van der Waals surface area (Å²) < 4.78 is 0. The highest BCUT2D eigenvalue weighted by molar-refractivity contribution is 6.35. The highest BCUT2D eigenvalue weighted by Crippen LogP contribution is 2.26. The Bertz CT molecular complexity index is 325. The zero-order chi connectivity index (χ0) is 10.8. The van der Waals surface area contributed by atoms with E-state index in [1.54, 1.807) is 0 Å². The van der Waals surface area contributed by atoms with Gasteiger partial charge in [0.1, 0.15) is 17.2 Å². The third-order valence-corrected chi connectivity index (χ3v) is 2.53. The standard InChI is InChI=1S/C9H15ClN4/c1-4-9(2,3)14-8-6(10)7(11)12-5-13-8/h5H,4H2,1-3H3,(H3,11,12,13,14). The maximum absolute atomic E-state index is 5.94. The van der Waals surface area contributed by atoms with Crippen molar-refractivity contribution in [3.05, 3.63) is 11.3 Å². The summed E-state index contributed by atoms with van der Waals surface area (Å²) in [6, 6.07) is 0. The van der Waals surface area contributed by atoms with Crippen LogP contribution in [0.1, 0.15) is 27.2 Å². The number of nitrogens with one attached hydrogen (secondary N) is 1. The molecule has 0 amide bonds. The highest BCUT2D eigenvalue weighted by Gasteiger charge is 2.17. The molecular formula is C9H15ClN4. The average molecular weight is 215 g/mol. The van der Waals surface area contributed by atoms with Gasteiger partial charge in [0.15, 0.2) is 5.82 Å². The van der Waals surface area contributed by atoms with E-state index in [1.807, 2.05) is 0 Å². The molecular weight excluding hydrogens is 200 g/mol. The molecule has 1 rings (SSSR count). The zero-order valence-electron chi connectivity index (χ0n) is 8.63. The number of nitrogens with zero attached hydrogens (tertiary/aromatic N) is 2. The van der Waals surface area contributed by atoms with Crippen LogP contribution in [0.4, 0.5) is 11.6 Å². The summed E-state index contributed by atoms with van der Waals surface area (Å²) in [7, 11) is 0. The number of hydrogen-bond acceptors (Lipinski definition) is 4. The first kappa shape index (κ1) is 11.0. The number of anilines is 2. The van der Waals surface area contributed by atoms with Gasteiger partial charge in [0.2, 0.25) is 0 Å². The second-order valence-electron chi connectivity index (χ2n) is 3.78. The summed E-state index contributed by atoms with van der Waals surface area (Å²) in [6.07, 6.45) is 2.36. The molecule has 0 aliphatic heterocycles. The topological polar surface area (TPSA) is 63.8 Å². The Morgan fingerprint density at radius 1 is 1.50 bits per heavy atom. The SMILES string of the molecule is CCC(C)(C)Nc1ncnc(N)c1Cl. The molecule has 0 atom stereocenters. The second-order valence-corrected chi connectivity index (χ2v) is 4.16. The Morgan fingerprint density at radius 3 is 2.71 bits per heavy atom. The van der Waals surface area contributed by atoms with Gasteiger partial charge in [0, 0.05) is 5.54 Å². The van der Waals surface area contributed by atoms with Gasteiger partial charge in [0.25, 0.3) is 0 Å². The van der Waals surface area contributed by atoms with Gasteiger partial charge in [-0.25, -0.2) is 9.97 Å². The molecule has 4 nitrogen and oxygen atoms in total. The van der Waals surface area contributed by atoms with Gasteiger partial charge in [-0.1, -0.05) is 18.5 Å². The van der Waals surface area contributed by atoms with Crippen LogP contribution >= 0.6 is 11.6 Å². The quantitative estimate of drug-likeness (QED) is 0.811. The first-order valence-corrected chi connectivity index (χ1v) is 4.88. The maximum atomic E-state index is 5.94. The number of rotatable bonds is 3. The molecule has 0 unspecified atom stereocenters. The first-order valence-electron chi connectivity index (χ1n) is 4.50. The van der Waals surface area contributed by atoms with E-state index in [2.05, 4.69) is 36.1 Å². The molecule has 5 heteroatoms. The normalized spacial score (nSPS) is 11.4. The molecule has 0 spiro atoms. The molecule has 1 aromatic rings. The number of nitrogen functional groups attached to an aromatic ring is 1. The summed E-state index contributed by atoms with van der Waals surface area (Å²) in [5, 5.41) is 3.60. The Kier molecular flexibility index (Phi) is 3.16. The van der Waals surface area contributed by atoms with Gasteiger partial charge in [-0.2, -0.15) is 0 Å². The maximum Gasteiger partial charge on any atom is 0.150 e. The van der Waals surface area contributed by atoms with Gasteiger partial charge < -0.3 is 11.1 Å². The van der Waals surface area contributed by atoms with Crippen LogP contribution in [0.5, 0.6) is 0 Å². The lowest BCUT2D eigenvalue weighted by Gasteiger charge is -2.25. The third kappa shape index (κ3) is 2.48. The Labute approximate surface area is 88.9 Å². The molecule has 3 N–H and O–H groups in total. The van der Waals surface area contributed by atoms with E-state index in [0.717, 1.165) is 6.42 Å². The average Bonchev–Trinajstić information content (AvgIpc) is 2.13.